The average molecular weight is 249 g/mol. The van der Waals surface area contributed by atoms with Crippen LogP contribution in [0, 0.1) is 6.92 Å². The Bertz CT molecular complexity index is 423. The van der Waals surface area contributed by atoms with Crippen LogP contribution in [0.5, 0.6) is 0 Å². The average Bonchev–Trinajstić information content (AvgIpc) is 2.64. The van der Waals surface area contributed by atoms with Gasteiger partial charge >= 0.3 is 0 Å². The second-order valence-electron chi connectivity index (χ2n) is 5.87. The first-order valence-corrected chi connectivity index (χ1v) is 7.03. The maximum Gasteiger partial charge on any atom is 0.0697 e. The van der Waals surface area contributed by atoms with Crippen molar-refractivity contribution in [2.24, 2.45) is 7.05 Å². The van der Waals surface area contributed by atoms with Crippen molar-refractivity contribution in [2.75, 3.05) is 6.61 Å². The summed E-state index contributed by atoms with van der Waals surface area (Å²) in [7, 11) is 1.98. The molecule has 1 spiro atoms. The second kappa shape index (κ2) is 4.67. The zero-order valence-electron chi connectivity index (χ0n) is 11.4. The van der Waals surface area contributed by atoms with Crippen molar-refractivity contribution in [2.45, 2.75) is 57.2 Å². The Morgan fingerprint density at radius 2 is 2.39 bits per heavy atom. The van der Waals surface area contributed by atoms with Gasteiger partial charge in [0.2, 0.25) is 0 Å². The first kappa shape index (κ1) is 12.2. The van der Waals surface area contributed by atoms with Crippen LogP contribution >= 0.6 is 0 Å². The van der Waals surface area contributed by atoms with Crippen molar-refractivity contribution in [1.82, 2.24) is 15.1 Å². The lowest BCUT2D eigenvalue weighted by Crippen LogP contribution is -2.50. The Hall–Kier alpha value is -0.870. The number of aromatic nitrogens is 2. The summed E-state index contributed by atoms with van der Waals surface area (Å²) in [5, 5.41) is 8.06. The lowest BCUT2D eigenvalue weighted by molar-refractivity contribution is -0.135. The topological polar surface area (TPSA) is 39.1 Å². The molecule has 1 saturated heterocycles. The number of nitrogens with one attached hydrogen (secondary N) is 1. The van der Waals surface area contributed by atoms with E-state index in [4.69, 9.17) is 4.74 Å². The summed E-state index contributed by atoms with van der Waals surface area (Å²) < 4.78 is 7.85. The molecular formula is C14H23N3O. The molecule has 1 aromatic rings. The van der Waals surface area contributed by atoms with E-state index >= 15 is 0 Å². The number of ether oxygens (including phenoxy) is 1. The third kappa shape index (κ3) is 2.31. The van der Waals surface area contributed by atoms with Gasteiger partial charge in [-0.05, 0) is 39.0 Å². The molecule has 1 N–H and O–H groups in total. The zero-order valence-corrected chi connectivity index (χ0v) is 11.4. The van der Waals surface area contributed by atoms with Crippen LogP contribution in [0.4, 0.5) is 0 Å². The smallest absolute Gasteiger partial charge is 0.0697 e. The lowest BCUT2D eigenvalue weighted by atomic mass is 9.74. The number of hydrogen-bond donors (Lipinski definition) is 1. The van der Waals surface area contributed by atoms with Gasteiger partial charge in [0.05, 0.1) is 11.3 Å². The molecule has 1 aliphatic heterocycles. The first-order valence-electron chi connectivity index (χ1n) is 7.03. The van der Waals surface area contributed by atoms with E-state index in [1.807, 2.05) is 11.7 Å². The molecule has 18 heavy (non-hydrogen) atoms. The maximum atomic E-state index is 5.96. The van der Waals surface area contributed by atoms with E-state index in [0.717, 1.165) is 25.3 Å². The van der Waals surface area contributed by atoms with E-state index in [1.165, 1.54) is 31.2 Å². The van der Waals surface area contributed by atoms with E-state index < -0.39 is 0 Å². The highest BCUT2D eigenvalue weighted by atomic mass is 16.5. The Balaban J connectivity index is 1.55. The summed E-state index contributed by atoms with van der Waals surface area (Å²) in [5.41, 5.74) is 2.68. The summed E-state index contributed by atoms with van der Waals surface area (Å²) in [5.74, 6) is 0. The van der Waals surface area contributed by atoms with Gasteiger partial charge in [-0.2, -0.15) is 5.10 Å². The van der Waals surface area contributed by atoms with Gasteiger partial charge in [-0.15, -0.1) is 0 Å². The highest BCUT2D eigenvalue weighted by molar-refractivity contribution is 5.15. The van der Waals surface area contributed by atoms with Crippen molar-refractivity contribution in [3.8, 4) is 0 Å². The zero-order chi connectivity index (χ0) is 12.6. The van der Waals surface area contributed by atoms with Gasteiger partial charge in [-0.1, -0.05) is 0 Å². The molecule has 0 radical (unpaired) electrons. The summed E-state index contributed by atoms with van der Waals surface area (Å²) >= 11 is 0. The Labute approximate surface area is 109 Å². The molecule has 1 aliphatic carbocycles. The predicted molar refractivity (Wildman–Crippen MR) is 70.3 cm³/mol. The number of rotatable bonds is 3. The molecular weight excluding hydrogens is 226 g/mol. The normalized spacial score (nSPS) is 26.2. The largest absolute Gasteiger partial charge is 0.375 e. The third-order valence-electron chi connectivity index (χ3n) is 4.45. The van der Waals surface area contributed by atoms with Crippen LogP contribution in [-0.4, -0.2) is 28.0 Å². The SMILES string of the molecule is Cc1nn(C)cc1CNC1CCOC2(CCC2)C1. The van der Waals surface area contributed by atoms with Crippen LogP contribution in [0.1, 0.15) is 43.4 Å². The molecule has 0 amide bonds. The number of aryl methyl sites for hydroxylation is 2. The van der Waals surface area contributed by atoms with E-state index in [9.17, 15) is 0 Å². The third-order valence-corrected chi connectivity index (χ3v) is 4.45. The van der Waals surface area contributed by atoms with E-state index in [0.29, 0.717) is 6.04 Å². The highest BCUT2D eigenvalue weighted by Crippen LogP contribution is 2.42. The summed E-state index contributed by atoms with van der Waals surface area (Å²) in [6.07, 6.45) is 8.30. The minimum atomic E-state index is 0.236. The van der Waals surface area contributed by atoms with Gasteiger partial charge in [0, 0.05) is 38.0 Å². The molecule has 2 fully saturated rings. The van der Waals surface area contributed by atoms with Crippen LogP contribution in [0.2, 0.25) is 0 Å². The van der Waals surface area contributed by atoms with Crippen molar-refractivity contribution in [1.29, 1.82) is 0 Å². The van der Waals surface area contributed by atoms with Gasteiger partial charge in [0.15, 0.2) is 0 Å². The molecule has 4 nitrogen and oxygen atoms in total. The molecule has 3 rings (SSSR count). The maximum absolute atomic E-state index is 5.96. The first-order chi connectivity index (χ1) is 8.67. The van der Waals surface area contributed by atoms with Crippen LogP contribution in [0.3, 0.4) is 0 Å². The van der Waals surface area contributed by atoms with Crippen molar-refractivity contribution in [3.05, 3.63) is 17.5 Å². The minimum Gasteiger partial charge on any atom is -0.375 e. The van der Waals surface area contributed by atoms with Crippen LogP contribution in [-0.2, 0) is 18.3 Å². The van der Waals surface area contributed by atoms with E-state index in [1.54, 1.807) is 0 Å². The molecule has 0 aromatic carbocycles. The highest BCUT2D eigenvalue weighted by Gasteiger charge is 2.42. The predicted octanol–water partition coefficient (Wildman–Crippen LogP) is 1.92. The molecule has 100 valence electrons. The standard InChI is InChI=1S/C14H23N3O/c1-11-12(10-17(2)16-11)9-15-13-4-7-18-14(8-13)5-3-6-14/h10,13,15H,3-9H2,1-2H3. The number of nitrogens with zero attached hydrogens (tertiary/aromatic N) is 2. The summed E-state index contributed by atoms with van der Waals surface area (Å²) in [6.45, 7) is 3.93. The van der Waals surface area contributed by atoms with Crippen molar-refractivity contribution in [3.63, 3.8) is 0 Å². The fraction of sp³-hybridized carbons (Fsp3) is 0.786. The molecule has 1 atom stereocenters. The van der Waals surface area contributed by atoms with Crippen LogP contribution in [0.15, 0.2) is 6.20 Å². The lowest BCUT2D eigenvalue weighted by Gasteiger charge is -2.47. The van der Waals surface area contributed by atoms with Gasteiger partial charge in [0.1, 0.15) is 0 Å². The van der Waals surface area contributed by atoms with Crippen LogP contribution < -0.4 is 5.32 Å². The van der Waals surface area contributed by atoms with Crippen molar-refractivity contribution < 1.29 is 4.74 Å². The molecule has 1 saturated carbocycles. The molecule has 1 aromatic heterocycles. The van der Waals surface area contributed by atoms with Crippen LogP contribution in [0.25, 0.3) is 0 Å². The minimum absolute atomic E-state index is 0.236. The van der Waals surface area contributed by atoms with E-state index in [-0.39, 0.29) is 5.60 Å². The van der Waals surface area contributed by atoms with Gasteiger partial charge in [-0.25, -0.2) is 0 Å². The van der Waals surface area contributed by atoms with Gasteiger partial charge < -0.3 is 10.1 Å². The van der Waals surface area contributed by atoms with E-state index in [2.05, 4.69) is 23.5 Å². The monoisotopic (exact) mass is 249 g/mol. The van der Waals surface area contributed by atoms with Crippen molar-refractivity contribution >= 4 is 0 Å². The summed E-state index contributed by atoms with van der Waals surface area (Å²) in [4.78, 5) is 0. The fourth-order valence-corrected chi connectivity index (χ4v) is 3.20. The number of hydrogen-bond acceptors (Lipinski definition) is 3. The molecule has 4 heteroatoms. The quantitative estimate of drug-likeness (QED) is 0.889. The summed E-state index contributed by atoms with van der Waals surface area (Å²) in [6, 6.07) is 0.610. The molecule has 0 bridgehead atoms. The molecule has 1 unspecified atom stereocenters. The fourth-order valence-electron chi connectivity index (χ4n) is 3.20. The van der Waals surface area contributed by atoms with Gasteiger partial charge in [-0.3, -0.25) is 4.68 Å². The molecule has 2 aliphatic rings. The molecule has 2 heterocycles. The Morgan fingerprint density at radius 1 is 1.56 bits per heavy atom. The Morgan fingerprint density at radius 3 is 3.00 bits per heavy atom. The second-order valence-corrected chi connectivity index (χ2v) is 5.87. The Kier molecular flexibility index (Phi) is 3.16. The van der Waals surface area contributed by atoms with Gasteiger partial charge in [0.25, 0.3) is 0 Å².